The van der Waals surface area contributed by atoms with Gasteiger partial charge in [0.05, 0.1) is 22.9 Å². The zero-order chi connectivity index (χ0) is 28.3. The van der Waals surface area contributed by atoms with Crippen LogP contribution < -0.4 is 10.2 Å². The number of halogens is 2. The largest absolute Gasteiger partial charge is 0.456 e. The summed E-state index contributed by atoms with van der Waals surface area (Å²) in [6.45, 7) is 4.94. The van der Waals surface area contributed by atoms with Crippen molar-refractivity contribution in [3.63, 3.8) is 0 Å². The highest BCUT2D eigenvalue weighted by Crippen LogP contribution is 2.36. The predicted molar refractivity (Wildman–Crippen MR) is 157 cm³/mol. The minimum absolute atomic E-state index is 0.0212. The van der Waals surface area contributed by atoms with E-state index < -0.39 is 23.4 Å². The summed E-state index contributed by atoms with van der Waals surface area (Å²) >= 11 is 13.7. The third-order valence-electron chi connectivity index (χ3n) is 5.58. The van der Waals surface area contributed by atoms with Crippen LogP contribution in [0.4, 0.5) is 11.4 Å². The second kappa shape index (κ2) is 11.8. The Hall–Kier alpha value is -3.43. The summed E-state index contributed by atoms with van der Waals surface area (Å²) in [5, 5.41) is 13.9. The Morgan fingerprint density at radius 1 is 1.00 bits per heavy atom. The first-order chi connectivity index (χ1) is 18.5. The van der Waals surface area contributed by atoms with Gasteiger partial charge >= 0.3 is 5.97 Å². The highest BCUT2D eigenvalue weighted by atomic mass is 35.5. The number of amides is 2. The van der Waals surface area contributed by atoms with Gasteiger partial charge in [0.15, 0.2) is 0 Å². The number of benzene rings is 3. The highest BCUT2D eigenvalue weighted by molar-refractivity contribution is 7.21. The van der Waals surface area contributed by atoms with Crippen molar-refractivity contribution >= 4 is 73.8 Å². The first-order valence-electron chi connectivity index (χ1n) is 12.0. The van der Waals surface area contributed by atoms with E-state index in [1.807, 2.05) is 24.3 Å². The number of nitrogens with one attached hydrogen (secondary N) is 1. The summed E-state index contributed by atoms with van der Waals surface area (Å²) in [7, 11) is 0. The van der Waals surface area contributed by atoms with Crippen molar-refractivity contribution in [2.24, 2.45) is 0 Å². The molecule has 0 fully saturated rings. The van der Waals surface area contributed by atoms with Crippen LogP contribution in [0.25, 0.3) is 10.1 Å². The monoisotopic (exact) mass is 584 g/mol. The Morgan fingerprint density at radius 3 is 2.33 bits per heavy atom. The number of fused-ring (bicyclic) bond motifs is 1. The van der Waals surface area contributed by atoms with E-state index in [1.54, 1.807) is 45.0 Å². The summed E-state index contributed by atoms with van der Waals surface area (Å²) in [5.74, 6) is -1.64. The van der Waals surface area contributed by atoms with Crippen LogP contribution in [-0.2, 0) is 4.74 Å². The zero-order valence-corrected chi connectivity index (χ0v) is 23.8. The normalized spacial score (nSPS) is 11.3. The molecule has 0 aliphatic rings. The molecule has 2 N–H and O–H groups in total. The van der Waals surface area contributed by atoms with E-state index in [2.05, 4.69) is 5.32 Å². The molecule has 0 aliphatic carbocycles. The molecule has 7 nitrogen and oxygen atoms in total. The molecule has 1 heterocycles. The van der Waals surface area contributed by atoms with E-state index >= 15 is 0 Å². The number of carbonyl (C=O) groups is 3. The molecule has 0 bridgehead atoms. The van der Waals surface area contributed by atoms with Crippen molar-refractivity contribution in [2.75, 3.05) is 23.4 Å². The van der Waals surface area contributed by atoms with Gasteiger partial charge in [0.25, 0.3) is 11.8 Å². The van der Waals surface area contributed by atoms with Crippen LogP contribution in [0, 0.1) is 0 Å². The molecule has 39 heavy (non-hydrogen) atoms. The smallest absolute Gasteiger partial charge is 0.340 e. The number of hydrogen-bond acceptors (Lipinski definition) is 6. The molecule has 4 rings (SSSR count). The fourth-order valence-electron chi connectivity index (χ4n) is 3.86. The summed E-state index contributed by atoms with van der Waals surface area (Å²) in [5.41, 5.74) is 0.0930. The first kappa shape index (κ1) is 28.6. The van der Waals surface area contributed by atoms with E-state index in [1.165, 1.54) is 34.4 Å². The van der Waals surface area contributed by atoms with E-state index in [4.69, 9.17) is 27.9 Å². The van der Waals surface area contributed by atoms with Gasteiger partial charge in [-0.05, 0) is 69.3 Å². The van der Waals surface area contributed by atoms with E-state index in [9.17, 15) is 19.5 Å². The number of rotatable bonds is 7. The summed E-state index contributed by atoms with van der Waals surface area (Å²) < 4.78 is 6.38. The molecule has 0 saturated heterocycles. The molecule has 0 unspecified atom stereocenters. The van der Waals surface area contributed by atoms with Crippen molar-refractivity contribution in [2.45, 2.75) is 26.4 Å². The Balaban J connectivity index is 1.74. The van der Waals surface area contributed by atoms with Gasteiger partial charge in [0.2, 0.25) is 0 Å². The predicted octanol–water partition coefficient (Wildman–Crippen LogP) is 7.05. The molecule has 0 saturated carbocycles. The van der Waals surface area contributed by atoms with Crippen LogP contribution in [0.2, 0.25) is 10.0 Å². The van der Waals surface area contributed by atoms with Gasteiger partial charge in [0, 0.05) is 32.9 Å². The van der Waals surface area contributed by atoms with Crippen molar-refractivity contribution in [3.05, 3.63) is 92.8 Å². The SMILES string of the molecule is CC(C)(C)OC(=O)c1ccc(C(=O)N(CCO)c2ccc(Cl)cc2)cc1NC(=O)c1sc2ccccc2c1Cl. The van der Waals surface area contributed by atoms with Crippen LogP contribution in [0.1, 0.15) is 51.2 Å². The molecule has 0 radical (unpaired) electrons. The lowest BCUT2D eigenvalue weighted by Crippen LogP contribution is -2.33. The fourth-order valence-corrected chi connectivity index (χ4v) is 5.39. The molecule has 10 heteroatoms. The molecular weight excluding hydrogens is 559 g/mol. The van der Waals surface area contributed by atoms with Gasteiger partial charge in [-0.3, -0.25) is 9.59 Å². The quantitative estimate of drug-likeness (QED) is 0.227. The number of aliphatic hydroxyl groups excluding tert-OH is 1. The van der Waals surface area contributed by atoms with E-state index in [-0.39, 0.29) is 34.8 Å². The number of carbonyl (C=O) groups excluding carboxylic acids is 3. The van der Waals surface area contributed by atoms with Crippen molar-refractivity contribution in [1.82, 2.24) is 0 Å². The Bertz CT molecular complexity index is 1540. The molecule has 0 aliphatic heterocycles. The van der Waals surface area contributed by atoms with Gasteiger partial charge in [-0.1, -0.05) is 41.4 Å². The number of ether oxygens (including phenoxy) is 1. The average molecular weight is 586 g/mol. The number of esters is 1. The van der Waals surface area contributed by atoms with Gasteiger partial charge < -0.3 is 20.1 Å². The minimum atomic E-state index is -0.784. The van der Waals surface area contributed by atoms with Gasteiger partial charge in [0.1, 0.15) is 10.5 Å². The molecule has 0 atom stereocenters. The molecule has 3 aromatic carbocycles. The van der Waals surface area contributed by atoms with Crippen LogP contribution >= 0.6 is 34.5 Å². The lowest BCUT2D eigenvalue weighted by molar-refractivity contribution is 0.00705. The maximum absolute atomic E-state index is 13.5. The maximum Gasteiger partial charge on any atom is 0.340 e. The topological polar surface area (TPSA) is 95.9 Å². The molecule has 0 spiro atoms. The van der Waals surface area contributed by atoms with Crippen LogP contribution in [-0.4, -0.2) is 41.6 Å². The third kappa shape index (κ3) is 6.59. The third-order valence-corrected chi connectivity index (χ3v) is 7.51. The lowest BCUT2D eigenvalue weighted by atomic mass is 10.1. The minimum Gasteiger partial charge on any atom is -0.456 e. The number of anilines is 2. The summed E-state index contributed by atoms with van der Waals surface area (Å²) in [6, 6.07) is 18.3. The number of nitrogens with zero attached hydrogens (tertiary/aromatic N) is 1. The molecule has 4 aromatic rings. The second-order valence-electron chi connectivity index (χ2n) is 9.61. The highest BCUT2D eigenvalue weighted by Gasteiger charge is 2.26. The Labute approximate surface area is 239 Å². The number of thiophene rings is 1. The molecular formula is C29H26Cl2N2O5S. The summed E-state index contributed by atoms with van der Waals surface area (Å²) in [4.78, 5) is 41.6. The van der Waals surface area contributed by atoms with Crippen LogP contribution in [0.3, 0.4) is 0 Å². The van der Waals surface area contributed by atoms with Crippen LogP contribution in [0.15, 0.2) is 66.7 Å². The van der Waals surface area contributed by atoms with Gasteiger partial charge in [-0.2, -0.15) is 0 Å². The number of hydrogen-bond donors (Lipinski definition) is 2. The number of aliphatic hydroxyl groups is 1. The van der Waals surface area contributed by atoms with Gasteiger partial charge in [-0.15, -0.1) is 11.3 Å². The van der Waals surface area contributed by atoms with E-state index in [0.717, 1.165) is 10.1 Å². The standard InChI is InChI=1S/C29H26Cl2N2O5S/c1-29(2,3)38-28(37)20-13-8-17(27(36)33(14-15-34)19-11-9-18(30)10-12-19)16-22(20)32-26(35)25-24(31)21-6-4-5-7-23(21)39-25/h4-13,16,34H,14-15H2,1-3H3,(H,32,35). The van der Waals surface area contributed by atoms with Crippen molar-refractivity contribution in [3.8, 4) is 0 Å². The molecule has 2 amide bonds. The summed E-state index contributed by atoms with van der Waals surface area (Å²) in [6.07, 6.45) is 0. The van der Waals surface area contributed by atoms with Crippen molar-refractivity contribution < 1.29 is 24.2 Å². The average Bonchev–Trinajstić information content (AvgIpc) is 3.23. The Kier molecular flexibility index (Phi) is 8.61. The molecule has 202 valence electrons. The lowest BCUT2D eigenvalue weighted by Gasteiger charge is -2.23. The fraction of sp³-hybridized carbons (Fsp3) is 0.207. The second-order valence-corrected chi connectivity index (χ2v) is 11.5. The molecule has 1 aromatic heterocycles. The zero-order valence-electron chi connectivity index (χ0n) is 21.5. The van der Waals surface area contributed by atoms with Crippen molar-refractivity contribution in [1.29, 1.82) is 0 Å². The Morgan fingerprint density at radius 2 is 1.69 bits per heavy atom. The van der Waals surface area contributed by atoms with E-state index in [0.29, 0.717) is 15.7 Å². The maximum atomic E-state index is 13.5. The van der Waals surface area contributed by atoms with Gasteiger partial charge in [-0.25, -0.2) is 4.79 Å². The first-order valence-corrected chi connectivity index (χ1v) is 13.6. The van der Waals surface area contributed by atoms with Crippen LogP contribution in [0.5, 0.6) is 0 Å².